The van der Waals surface area contributed by atoms with E-state index in [0.717, 1.165) is 62.3 Å². The van der Waals surface area contributed by atoms with Crippen molar-refractivity contribution in [2.24, 2.45) is 5.92 Å². The average molecular weight is 529 g/mol. The Hall–Kier alpha value is -3.68. The maximum Gasteiger partial charge on any atom is 0.411 e. The van der Waals surface area contributed by atoms with Gasteiger partial charge in [0.05, 0.1) is 5.69 Å². The zero-order valence-electron chi connectivity index (χ0n) is 23.0. The first-order valence-corrected chi connectivity index (χ1v) is 13.9. The lowest BCUT2D eigenvalue weighted by Gasteiger charge is -2.31. The number of likely N-dealkylation sites (tertiary alicyclic amines) is 1. The van der Waals surface area contributed by atoms with Crippen LogP contribution in [0.2, 0.25) is 0 Å². The van der Waals surface area contributed by atoms with Crippen molar-refractivity contribution in [1.82, 2.24) is 15.5 Å². The van der Waals surface area contributed by atoms with Gasteiger partial charge >= 0.3 is 6.09 Å². The molecule has 2 amide bonds. The van der Waals surface area contributed by atoms with Crippen LogP contribution in [0.25, 0.3) is 11.1 Å². The van der Waals surface area contributed by atoms with Crippen LogP contribution >= 0.6 is 0 Å². The Labute approximate surface area is 231 Å². The van der Waals surface area contributed by atoms with Crippen LogP contribution in [-0.2, 0) is 22.5 Å². The second-order valence-corrected chi connectivity index (χ2v) is 10.2. The van der Waals surface area contributed by atoms with Crippen molar-refractivity contribution in [2.45, 2.75) is 38.8 Å². The van der Waals surface area contributed by atoms with Gasteiger partial charge in [-0.1, -0.05) is 79.7 Å². The van der Waals surface area contributed by atoms with E-state index in [1.54, 1.807) is 0 Å². The molecular weight excluding hydrogens is 488 g/mol. The van der Waals surface area contributed by atoms with Gasteiger partial charge in [0.15, 0.2) is 0 Å². The minimum Gasteiger partial charge on any atom is -0.446 e. The van der Waals surface area contributed by atoms with Gasteiger partial charge in [-0.2, -0.15) is 0 Å². The van der Waals surface area contributed by atoms with Crippen LogP contribution in [0, 0.1) is 5.92 Å². The fraction of sp³-hybridized carbons (Fsp3) is 0.375. The lowest BCUT2D eigenvalue weighted by molar-refractivity contribution is -0.124. The predicted molar refractivity (Wildman–Crippen MR) is 157 cm³/mol. The van der Waals surface area contributed by atoms with Crippen LogP contribution in [0.1, 0.15) is 30.9 Å². The molecule has 1 unspecified atom stereocenters. The second-order valence-electron chi connectivity index (χ2n) is 10.2. The monoisotopic (exact) mass is 528 g/mol. The molecule has 3 aromatic rings. The van der Waals surface area contributed by atoms with E-state index in [9.17, 15) is 9.59 Å². The van der Waals surface area contributed by atoms with E-state index in [-0.39, 0.29) is 17.9 Å². The Morgan fingerprint density at radius 1 is 0.923 bits per heavy atom. The van der Waals surface area contributed by atoms with Crippen LogP contribution in [0.3, 0.4) is 0 Å². The second kappa shape index (κ2) is 14.5. The molecule has 206 valence electrons. The number of benzene rings is 3. The number of carbonyl (C=O) groups excluding carboxylic acids is 2. The summed E-state index contributed by atoms with van der Waals surface area (Å²) in [6, 6.07) is 26.2. The van der Waals surface area contributed by atoms with Crippen molar-refractivity contribution in [3.8, 4) is 11.1 Å². The summed E-state index contributed by atoms with van der Waals surface area (Å²) in [5.74, 6) is 0.00444. The number of anilines is 1. The van der Waals surface area contributed by atoms with E-state index in [1.165, 1.54) is 11.1 Å². The molecule has 0 aliphatic carbocycles. The molecule has 1 saturated heterocycles. The zero-order chi connectivity index (χ0) is 27.5. The number of nitrogens with zero attached hydrogens (tertiary/aromatic N) is 1. The van der Waals surface area contributed by atoms with E-state index in [4.69, 9.17) is 4.74 Å². The highest BCUT2D eigenvalue weighted by Gasteiger charge is 2.23. The molecule has 7 nitrogen and oxygen atoms in total. The number of piperidine rings is 1. The number of hydrogen-bond acceptors (Lipinski definition) is 5. The van der Waals surface area contributed by atoms with Crippen LogP contribution in [0.4, 0.5) is 10.5 Å². The highest BCUT2D eigenvalue weighted by molar-refractivity contribution is 5.91. The Balaban J connectivity index is 1.14. The van der Waals surface area contributed by atoms with E-state index < -0.39 is 6.09 Å². The van der Waals surface area contributed by atoms with E-state index in [0.29, 0.717) is 6.54 Å². The van der Waals surface area contributed by atoms with Gasteiger partial charge in [0.2, 0.25) is 5.91 Å². The number of nitrogens with one attached hydrogen (secondary N) is 3. The Bertz CT molecular complexity index is 1190. The highest BCUT2D eigenvalue weighted by atomic mass is 16.6. The molecule has 0 bridgehead atoms. The topological polar surface area (TPSA) is 82.7 Å². The summed E-state index contributed by atoms with van der Waals surface area (Å²) in [5.41, 5.74) is 5.15. The average Bonchev–Trinajstić information content (AvgIpc) is 2.96. The van der Waals surface area contributed by atoms with Gasteiger partial charge in [-0.25, -0.2) is 4.79 Å². The number of ether oxygens (including phenoxy) is 1. The van der Waals surface area contributed by atoms with Crippen LogP contribution in [0.5, 0.6) is 0 Å². The zero-order valence-corrected chi connectivity index (χ0v) is 23.0. The molecule has 3 aromatic carbocycles. The Morgan fingerprint density at radius 2 is 1.59 bits per heavy atom. The maximum absolute atomic E-state index is 12.6. The van der Waals surface area contributed by atoms with Gasteiger partial charge < -0.3 is 20.3 Å². The van der Waals surface area contributed by atoms with Crippen molar-refractivity contribution in [1.29, 1.82) is 0 Å². The third-order valence-corrected chi connectivity index (χ3v) is 7.18. The van der Waals surface area contributed by atoms with Gasteiger partial charge in [0.1, 0.15) is 6.10 Å². The molecule has 39 heavy (non-hydrogen) atoms. The van der Waals surface area contributed by atoms with E-state index >= 15 is 0 Å². The lowest BCUT2D eigenvalue weighted by Crippen LogP contribution is -2.43. The number of para-hydroxylation sites is 1. The molecule has 1 heterocycles. The van der Waals surface area contributed by atoms with E-state index in [1.807, 2.05) is 68.6 Å². The molecule has 0 aromatic heterocycles. The van der Waals surface area contributed by atoms with Gasteiger partial charge in [0.25, 0.3) is 0 Å². The molecular formula is C32H40N4O3. The molecule has 0 radical (unpaired) electrons. The Kier molecular flexibility index (Phi) is 10.5. The third kappa shape index (κ3) is 8.67. The molecule has 4 rings (SSSR count). The summed E-state index contributed by atoms with van der Waals surface area (Å²) in [5, 5.41) is 9.16. The molecule has 0 saturated carbocycles. The first-order chi connectivity index (χ1) is 19.0. The quantitative estimate of drug-likeness (QED) is 0.323. The van der Waals surface area contributed by atoms with E-state index in [2.05, 4.69) is 45.1 Å². The number of carbonyl (C=O) groups is 2. The fourth-order valence-corrected chi connectivity index (χ4v) is 4.96. The molecule has 1 aliphatic heterocycles. The van der Waals surface area contributed by atoms with Crippen LogP contribution < -0.4 is 16.0 Å². The van der Waals surface area contributed by atoms with Gasteiger partial charge in [-0.3, -0.25) is 10.1 Å². The number of rotatable bonds is 11. The molecule has 1 atom stereocenters. The summed E-state index contributed by atoms with van der Waals surface area (Å²) in [4.78, 5) is 27.5. The first kappa shape index (κ1) is 28.3. The van der Waals surface area contributed by atoms with Crippen molar-refractivity contribution in [2.75, 3.05) is 38.5 Å². The van der Waals surface area contributed by atoms with Crippen molar-refractivity contribution in [3.63, 3.8) is 0 Å². The summed E-state index contributed by atoms with van der Waals surface area (Å²) in [7, 11) is 1.93. The minimum absolute atomic E-state index is 0.0789. The highest BCUT2D eigenvalue weighted by Crippen LogP contribution is 2.28. The predicted octanol–water partition coefficient (Wildman–Crippen LogP) is 5.08. The van der Waals surface area contributed by atoms with Crippen LogP contribution in [0.15, 0.2) is 78.9 Å². The summed E-state index contributed by atoms with van der Waals surface area (Å²) < 4.78 is 5.74. The van der Waals surface area contributed by atoms with Crippen molar-refractivity contribution >= 4 is 17.7 Å². The van der Waals surface area contributed by atoms with Crippen molar-refractivity contribution in [3.05, 3.63) is 90.0 Å². The number of amides is 2. The van der Waals surface area contributed by atoms with Crippen molar-refractivity contribution < 1.29 is 14.3 Å². The standard InChI is InChI=1S/C32H40N4O3/c1-24(22-25-12-14-26(15-13-25)23-33-2)31(37)34-18-21-36-19-16-28(17-20-36)39-32(38)35-30-11-7-6-10-29(30)27-8-4-3-5-9-27/h3-15,24,28,33H,16-23H2,1-2H3,(H,34,37)(H,35,38). The molecule has 1 aliphatic rings. The van der Waals surface area contributed by atoms with Gasteiger partial charge in [0, 0.05) is 44.2 Å². The summed E-state index contributed by atoms with van der Waals surface area (Å²) in [6.45, 7) is 5.90. The largest absolute Gasteiger partial charge is 0.446 e. The minimum atomic E-state index is -0.422. The molecule has 3 N–H and O–H groups in total. The normalized spacial score (nSPS) is 14.9. The molecule has 0 spiro atoms. The molecule has 7 heteroatoms. The van der Waals surface area contributed by atoms with Gasteiger partial charge in [-0.15, -0.1) is 0 Å². The summed E-state index contributed by atoms with van der Waals surface area (Å²) >= 11 is 0. The lowest BCUT2D eigenvalue weighted by atomic mass is 9.99. The third-order valence-electron chi connectivity index (χ3n) is 7.18. The maximum atomic E-state index is 12.6. The fourth-order valence-electron chi connectivity index (χ4n) is 4.96. The SMILES string of the molecule is CNCc1ccc(CC(C)C(=O)NCCN2CCC(OC(=O)Nc3ccccc3-c3ccccc3)CC2)cc1. The van der Waals surface area contributed by atoms with Crippen LogP contribution in [-0.4, -0.2) is 56.2 Å². The van der Waals surface area contributed by atoms with Gasteiger partial charge in [-0.05, 0) is 49.1 Å². The molecule has 1 fully saturated rings. The Morgan fingerprint density at radius 3 is 2.31 bits per heavy atom. The summed E-state index contributed by atoms with van der Waals surface area (Å²) in [6.07, 6.45) is 1.75. The number of hydrogen-bond donors (Lipinski definition) is 3. The first-order valence-electron chi connectivity index (χ1n) is 13.9. The smallest absolute Gasteiger partial charge is 0.411 e.